The van der Waals surface area contributed by atoms with E-state index in [1.165, 1.54) is 71.7 Å². The molecule has 0 spiro atoms. The topological polar surface area (TPSA) is 25.2 Å². The Morgan fingerprint density at radius 2 is 1.50 bits per heavy atom. The van der Waals surface area contributed by atoms with Gasteiger partial charge in [-0.1, -0.05) is 166 Å². The maximum atomic E-state index is 5.71. The molecule has 0 radical (unpaired) electrons. The summed E-state index contributed by atoms with van der Waals surface area (Å²) in [4.78, 5) is 11.1. The second-order valence-corrected chi connectivity index (χ2v) is 16.1. The predicted molar refractivity (Wildman–Crippen MR) is 259 cm³/mol. The smallest absolute Gasteiger partial charge is 0.0797 e. The largest absolute Gasteiger partial charge is 0.248 e. The average molecular weight is 777 g/mol. The molecule has 2 unspecified atom stereocenters. The number of aromatic nitrogens is 1. The Bertz CT molecular complexity index is 2830. The second-order valence-electron chi connectivity index (χ2n) is 16.1. The first-order valence-electron chi connectivity index (χ1n) is 21.6. The number of nitrogens with zero attached hydrogens (tertiary/aromatic N) is 2. The molecule has 3 aliphatic carbocycles. The monoisotopic (exact) mass is 776 g/mol. The molecule has 1 aliphatic heterocycles. The fraction of sp³-hybridized carbons (Fsp3) is 0.172. The van der Waals surface area contributed by atoms with Gasteiger partial charge in [-0.3, -0.25) is 0 Å². The van der Waals surface area contributed by atoms with Gasteiger partial charge in [-0.05, 0) is 136 Å². The van der Waals surface area contributed by atoms with Crippen molar-refractivity contribution in [2.45, 2.75) is 52.9 Å². The number of hydrogen-bond acceptors (Lipinski definition) is 2. The number of fused-ring (bicyclic) bond motifs is 6. The molecule has 4 aliphatic rings. The first-order chi connectivity index (χ1) is 29.6. The van der Waals surface area contributed by atoms with Crippen LogP contribution >= 0.6 is 0 Å². The molecule has 4 aromatic carbocycles. The van der Waals surface area contributed by atoms with Crippen molar-refractivity contribution in [3.05, 3.63) is 226 Å². The maximum Gasteiger partial charge on any atom is 0.0797 e. The summed E-state index contributed by atoms with van der Waals surface area (Å²) in [5.41, 5.74) is 17.7. The van der Waals surface area contributed by atoms with Crippen molar-refractivity contribution in [3.63, 3.8) is 0 Å². The lowest BCUT2D eigenvalue weighted by Gasteiger charge is -2.41. The highest BCUT2D eigenvalue weighted by Crippen LogP contribution is 2.53. The predicted octanol–water partition coefficient (Wildman–Crippen LogP) is 15.2. The van der Waals surface area contributed by atoms with Gasteiger partial charge in [0.2, 0.25) is 0 Å². The summed E-state index contributed by atoms with van der Waals surface area (Å²) in [5.74, 6) is 0.392. The third-order valence-electron chi connectivity index (χ3n) is 12.7. The number of pyridine rings is 1. The molecule has 2 heterocycles. The quantitative estimate of drug-likeness (QED) is 0.114. The van der Waals surface area contributed by atoms with Gasteiger partial charge in [0, 0.05) is 22.6 Å². The Morgan fingerprint density at radius 1 is 0.800 bits per heavy atom. The molecule has 294 valence electrons. The van der Waals surface area contributed by atoms with E-state index in [4.69, 9.17) is 9.98 Å². The van der Waals surface area contributed by atoms with E-state index in [2.05, 4.69) is 186 Å². The van der Waals surface area contributed by atoms with Crippen LogP contribution in [0.1, 0.15) is 73.0 Å². The number of allylic oxidation sites excluding steroid dienone is 17. The lowest BCUT2D eigenvalue weighted by molar-refractivity contribution is 0.462. The molecular formula is C58H52N2. The lowest BCUT2D eigenvalue weighted by atomic mass is 9.64. The van der Waals surface area contributed by atoms with E-state index < -0.39 is 0 Å². The van der Waals surface area contributed by atoms with Crippen molar-refractivity contribution < 1.29 is 0 Å². The molecule has 60 heavy (non-hydrogen) atoms. The van der Waals surface area contributed by atoms with Crippen LogP contribution in [-0.2, 0) is 6.42 Å². The van der Waals surface area contributed by atoms with Gasteiger partial charge in [-0.15, -0.1) is 0 Å². The minimum absolute atomic E-state index is 0.131. The van der Waals surface area contributed by atoms with Gasteiger partial charge in [0.15, 0.2) is 0 Å². The zero-order chi connectivity index (χ0) is 41.2. The van der Waals surface area contributed by atoms with Gasteiger partial charge < -0.3 is 0 Å². The molecule has 0 bridgehead atoms. The second kappa shape index (κ2) is 16.9. The van der Waals surface area contributed by atoms with Gasteiger partial charge >= 0.3 is 0 Å². The van der Waals surface area contributed by atoms with Crippen LogP contribution in [0.2, 0.25) is 0 Å². The van der Waals surface area contributed by atoms with Crippen molar-refractivity contribution in [2.75, 3.05) is 0 Å². The highest BCUT2D eigenvalue weighted by molar-refractivity contribution is 6.22. The fourth-order valence-corrected chi connectivity index (χ4v) is 9.95. The Balaban J connectivity index is 1.38. The zero-order valence-corrected chi connectivity index (χ0v) is 35.1. The molecule has 0 N–H and O–H groups in total. The van der Waals surface area contributed by atoms with Crippen LogP contribution in [0.3, 0.4) is 0 Å². The summed E-state index contributed by atoms with van der Waals surface area (Å²) >= 11 is 0. The standard InChI is InChI=1S/C58H52N2/c1-6-25-39(7-2)36-53-38(5)42-28-17-12-10-11-13-18-35-49(42)58(60-53)56-47-33-23-21-31-45(47)55(46-32-22-24-34-48(46)56)50-37-51-54(44-30-20-19-29-43(44)50)41(8-3)52(9-4)59-57(51)40-26-15-14-16-27-40/h6,8-12,14-19,21-27,29,31-37,44,54H,3-4,7,13,20,28,30H2,1-2,5H3/b11-10-,17-12-,25-6-,35-18-,39-36+. The van der Waals surface area contributed by atoms with Crippen molar-refractivity contribution >= 4 is 45.0 Å². The summed E-state index contributed by atoms with van der Waals surface area (Å²) in [6.07, 6.45) is 36.0. The number of rotatable bonds is 8. The van der Waals surface area contributed by atoms with Crippen LogP contribution < -0.4 is 0 Å². The van der Waals surface area contributed by atoms with Crippen LogP contribution in [0.5, 0.6) is 0 Å². The normalized spacial score (nSPS) is 20.6. The molecule has 9 rings (SSSR count). The summed E-state index contributed by atoms with van der Waals surface area (Å²) in [7, 11) is 0. The summed E-state index contributed by atoms with van der Waals surface area (Å²) in [5, 5.41) is 4.86. The van der Waals surface area contributed by atoms with E-state index in [-0.39, 0.29) is 11.8 Å². The molecule has 0 fully saturated rings. The van der Waals surface area contributed by atoms with Gasteiger partial charge in [-0.2, -0.15) is 0 Å². The van der Waals surface area contributed by atoms with Crippen LogP contribution in [-0.4, -0.2) is 10.7 Å². The molecular weight excluding hydrogens is 725 g/mol. The Morgan fingerprint density at radius 3 is 2.18 bits per heavy atom. The first kappa shape index (κ1) is 38.9. The maximum absolute atomic E-state index is 5.71. The van der Waals surface area contributed by atoms with Gasteiger partial charge in [0.25, 0.3) is 0 Å². The number of benzene rings is 4. The van der Waals surface area contributed by atoms with Crippen molar-refractivity contribution in [3.8, 4) is 11.3 Å². The Labute approximate surface area is 355 Å². The average Bonchev–Trinajstić information content (AvgIpc) is 3.30. The summed E-state index contributed by atoms with van der Waals surface area (Å²) in [6, 6.07) is 28.8. The van der Waals surface area contributed by atoms with E-state index in [1.54, 1.807) is 0 Å². The van der Waals surface area contributed by atoms with E-state index >= 15 is 0 Å². The van der Waals surface area contributed by atoms with E-state index in [1.807, 2.05) is 12.2 Å². The molecule has 2 nitrogen and oxygen atoms in total. The molecule has 5 aromatic rings. The van der Waals surface area contributed by atoms with Gasteiger partial charge in [0.05, 0.1) is 22.8 Å². The fourth-order valence-electron chi connectivity index (χ4n) is 9.95. The van der Waals surface area contributed by atoms with Crippen LogP contribution in [0.15, 0.2) is 198 Å². The zero-order valence-electron chi connectivity index (χ0n) is 35.1. The third kappa shape index (κ3) is 6.80. The minimum Gasteiger partial charge on any atom is -0.248 e. The van der Waals surface area contributed by atoms with Crippen molar-refractivity contribution in [1.82, 2.24) is 4.98 Å². The van der Waals surface area contributed by atoms with Crippen molar-refractivity contribution in [1.29, 1.82) is 0 Å². The Kier molecular flexibility index (Phi) is 11.0. The minimum atomic E-state index is 0.131. The SMILES string of the molecule is C=CC1=C(C=C)C2C(=CC(c3c4ccccc4c(-c4nc(/C=C(/C=C\C)CC)c(C)c5c4/C=C\C/C=C\C=C/C5)c4ccccc34)=C3C=CCCC32)C(c2ccccc2)=N1. The summed E-state index contributed by atoms with van der Waals surface area (Å²) < 4.78 is 0. The Hall–Kier alpha value is -6.64. The number of hydrogen-bond donors (Lipinski definition) is 0. The van der Waals surface area contributed by atoms with E-state index in [0.717, 1.165) is 66.0 Å². The molecule has 0 amide bonds. The van der Waals surface area contributed by atoms with Crippen LogP contribution in [0, 0.1) is 18.8 Å². The van der Waals surface area contributed by atoms with E-state index in [0.29, 0.717) is 0 Å². The van der Waals surface area contributed by atoms with Gasteiger partial charge in [0.1, 0.15) is 0 Å². The third-order valence-corrected chi connectivity index (χ3v) is 12.7. The molecule has 0 saturated carbocycles. The highest BCUT2D eigenvalue weighted by atomic mass is 14.8. The molecule has 1 aromatic heterocycles. The van der Waals surface area contributed by atoms with E-state index in [9.17, 15) is 0 Å². The van der Waals surface area contributed by atoms with Crippen molar-refractivity contribution in [2.24, 2.45) is 16.8 Å². The van der Waals surface area contributed by atoms with Crippen LogP contribution in [0.4, 0.5) is 0 Å². The van der Waals surface area contributed by atoms with Gasteiger partial charge in [-0.25, -0.2) is 9.98 Å². The van der Waals surface area contributed by atoms with Crippen LogP contribution in [0.25, 0.3) is 50.5 Å². The first-order valence-corrected chi connectivity index (χ1v) is 21.6. The lowest BCUT2D eigenvalue weighted by Crippen LogP contribution is -2.32. The highest BCUT2D eigenvalue weighted by Gasteiger charge is 2.40. The summed E-state index contributed by atoms with van der Waals surface area (Å²) in [6.45, 7) is 15.1. The molecule has 0 saturated heterocycles. The molecule has 2 atom stereocenters. The number of aliphatic imine (C=N–C) groups is 1. The molecule has 2 heteroatoms.